The van der Waals surface area contributed by atoms with Crippen LogP contribution in [-0.4, -0.2) is 23.1 Å². The van der Waals surface area contributed by atoms with Gasteiger partial charge in [-0.1, -0.05) is 0 Å². The van der Waals surface area contributed by atoms with E-state index in [1.165, 1.54) is 19.3 Å². The molecule has 4 nitrogen and oxygen atoms in total. The highest BCUT2D eigenvalue weighted by Gasteiger charge is 2.14. The van der Waals surface area contributed by atoms with Crippen LogP contribution in [0.2, 0.25) is 0 Å². The predicted molar refractivity (Wildman–Crippen MR) is 65.7 cm³/mol. The quantitative estimate of drug-likeness (QED) is 0.879. The van der Waals surface area contributed by atoms with Crippen molar-refractivity contribution in [1.82, 2.24) is 15.3 Å². The van der Waals surface area contributed by atoms with Gasteiger partial charge in [0.25, 0.3) is 0 Å². The SMILES string of the molecule is c1cnc2nc(CCC3CCNCC3)oc2c1. The molecule has 1 N–H and O–H groups in total. The Morgan fingerprint density at radius 3 is 3.06 bits per heavy atom. The van der Waals surface area contributed by atoms with E-state index in [4.69, 9.17) is 4.42 Å². The molecule has 2 aromatic rings. The maximum absolute atomic E-state index is 5.67. The fourth-order valence-electron chi connectivity index (χ4n) is 2.42. The molecule has 0 spiro atoms. The van der Waals surface area contributed by atoms with Gasteiger partial charge >= 0.3 is 0 Å². The number of oxazole rings is 1. The molecule has 90 valence electrons. The van der Waals surface area contributed by atoms with Crippen molar-refractivity contribution in [3.8, 4) is 0 Å². The van der Waals surface area contributed by atoms with Crippen molar-refractivity contribution in [3.63, 3.8) is 0 Å². The van der Waals surface area contributed by atoms with Gasteiger partial charge < -0.3 is 9.73 Å². The summed E-state index contributed by atoms with van der Waals surface area (Å²) in [6.07, 6.45) is 6.41. The van der Waals surface area contributed by atoms with E-state index in [2.05, 4.69) is 15.3 Å². The number of fused-ring (bicyclic) bond motifs is 1. The molecule has 0 unspecified atom stereocenters. The summed E-state index contributed by atoms with van der Waals surface area (Å²) in [5.41, 5.74) is 1.53. The normalized spacial score (nSPS) is 17.6. The Bertz CT molecular complexity index is 455. The standard InChI is InChI=1S/C13H17N3O/c1-2-11-13(15-7-1)16-12(17-11)4-3-10-5-8-14-9-6-10/h1-2,7,10,14H,3-6,8-9H2. The van der Waals surface area contributed by atoms with E-state index in [1.807, 2.05) is 12.1 Å². The van der Waals surface area contributed by atoms with Gasteiger partial charge in [-0.3, -0.25) is 0 Å². The number of hydrogen-bond donors (Lipinski definition) is 1. The van der Waals surface area contributed by atoms with E-state index < -0.39 is 0 Å². The minimum Gasteiger partial charge on any atom is -0.439 e. The molecule has 0 saturated carbocycles. The van der Waals surface area contributed by atoms with Gasteiger partial charge in [0.15, 0.2) is 17.1 Å². The molecule has 0 aromatic carbocycles. The molecule has 0 amide bonds. The lowest BCUT2D eigenvalue weighted by atomic mass is 9.93. The van der Waals surface area contributed by atoms with E-state index >= 15 is 0 Å². The molecule has 1 fully saturated rings. The van der Waals surface area contributed by atoms with Gasteiger partial charge in [-0.05, 0) is 50.4 Å². The first-order valence-corrected chi connectivity index (χ1v) is 6.33. The highest BCUT2D eigenvalue weighted by molar-refractivity contribution is 5.66. The number of aromatic nitrogens is 2. The summed E-state index contributed by atoms with van der Waals surface area (Å²) in [5.74, 6) is 1.65. The van der Waals surface area contributed by atoms with Crippen molar-refractivity contribution in [2.45, 2.75) is 25.7 Å². The van der Waals surface area contributed by atoms with E-state index in [9.17, 15) is 0 Å². The molecule has 3 heterocycles. The third kappa shape index (κ3) is 2.47. The van der Waals surface area contributed by atoms with Crippen molar-refractivity contribution in [1.29, 1.82) is 0 Å². The van der Waals surface area contributed by atoms with Gasteiger partial charge in [0.2, 0.25) is 0 Å². The van der Waals surface area contributed by atoms with Gasteiger partial charge in [-0.25, -0.2) is 4.98 Å². The topological polar surface area (TPSA) is 51.0 Å². The summed E-state index contributed by atoms with van der Waals surface area (Å²) in [6, 6.07) is 3.80. The first-order valence-electron chi connectivity index (χ1n) is 6.33. The second-order valence-corrected chi connectivity index (χ2v) is 4.66. The van der Waals surface area contributed by atoms with E-state index in [0.717, 1.165) is 42.5 Å². The second-order valence-electron chi connectivity index (χ2n) is 4.66. The lowest BCUT2D eigenvalue weighted by Crippen LogP contribution is -2.27. The summed E-state index contributed by atoms with van der Waals surface area (Å²) in [5, 5.41) is 3.39. The monoisotopic (exact) mass is 231 g/mol. The molecule has 0 aliphatic carbocycles. The maximum atomic E-state index is 5.67. The molecule has 1 aliphatic rings. The summed E-state index contributed by atoms with van der Waals surface area (Å²) in [6.45, 7) is 2.31. The number of aryl methyl sites for hydroxylation is 1. The largest absolute Gasteiger partial charge is 0.439 e. The molecule has 0 atom stereocenters. The Hall–Kier alpha value is -1.42. The molecule has 1 aliphatic heterocycles. The van der Waals surface area contributed by atoms with Crippen LogP contribution in [0.5, 0.6) is 0 Å². The van der Waals surface area contributed by atoms with Crippen LogP contribution < -0.4 is 5.32 Å². The lowest BCUT2D eigenvalue weighted by Gasteiger charge is -2.21. The summed E-state index contributed by atoms with van der Waals surface area (Å²) in [7, 11) is 0. The summed E-state index contributed by atoms with van der Waals surface area (Å²) in [4.78, 5) is 8.59. The van der Waals surface area contributed by atoms with Crippen LogP contribution in [0.1, 0.15) is 25.2 Å². The van der Waals surface area contributed by atoms with Crippen molar-refractivity contribution in [2.75, 3.05) is 13.1 Å². The highest BCUT2D eigenvalue weighted by atomic mass is 16.3. The first-order chi connectivity index (χ1) is 8.42. The van der Waals surface area contributed by atoms with Crippen molar-refractivity contribution >= 4 is 11.2 Å². The molecule has 3 rings (SSSR count). The van der Waals surface area contributed by atoms with Crippen LogP contribution in [0.25, 0.3) is 11.2 Å². The molecule has 17 heavy (non-hydrogen) atoms. The molecular formula is C13H17N3O. The number of rotatable bonds is 3. The zero-order valence-corrected chi connectivity index (χ0v) is 9.85. The molecule has 2 aromatic heterocycles. The molecule has 0 radical (unpaired) electrons. The molecular weight excluding hydrogens is 214 g/mol. The fourth-order valence-corrected chi connectivity index (χ4v) is 2.42. The predicted octanol–water partition coefficient (Wildman–Crippen LogP) is 2.16. The Balaban J connectivity index is 1.64. The number of nitrogens with one attached hydrogen (secondary N) is 1. The van der Waals surface area contributed by atoms with Crippen LogP contribution in [-0.2, 0) is 6.42 Å². The number of nitrogens with zero attached hydrogens (tertiary/aromatic N) is 2. The third-order valence-electron chi connectivity index (χ3n) is 3.43. The average molecular weight is 231 g/mol. The third-order valence-corrected chi connectivity index (χ3v) is 3.43. The zero-order valence-electron chi connectivity index (χ0n) is 9.85. The minimum absolute atomic E-state index is 0.729. The van der Waals surface area contributed by atoms with E-state index in [1.54, 1.807) is 6.20 Å². The van der Waals surface area contributed by atoms with Crippen molar-refractivity contribution < 1.29 is 4.42 Å². The minimum atomic E-state index is 0.729. The van der Waals surface area contributed by atoms with Gasteiger partial charge in [0.1, 0.15) is 0 Å². The Morgan fingerprint density at radius 1 is 1.35 bits per heavy atom. The van der Waals surface area contributed by atoms with Gasteiger partial charge in [0, 0.05) is 12.6 Å². The van der Waals surface area contributed by atoms with Gasteiger partial charge in [-0.15, -0.1) is 0 Å². The molecule has 4 heteroatoms. The van der Waals surface area contributed by atoms with E-state index in [-0.39, 0.29) is 0 Å². The average Bonchev–Trinajstić information content (AvgIpc) is 2.80. The van der Waals surface area contributed by atoms with Crippen molar-refractivity contribution in [2.24, 2.45) is 5.92 Å². The Kier molecular flexibility index (Phi) is 3.05. The number of piperidine rings is 1. The van der Waals surface area contributed by atoms with E-state index in [0.29, 0.717) is 0 Å². The second kappa shape index (κ2) is 4.84. The van der Waals surface area contributed by atoms with Gasteiger partial charge in [0.05, 0.1) is 0 Å². The van der Waals surface area contributed by atoms with Crippen molar-refractivity contribution in [3.05, 3.63) is 24.2 Å². The zero-order chi connectivity index (χ0) is 11.5. The smallest absolute Gasteiger partial charge is 0.198 e. The highest BCUT2D eigenvalue weighted by Crippen LogP contribution is 2.20. The van der Waals surface area contributed by atoms with Gasteiger partial charge in [-0.2, -0.15) is 4.98 Å². The fraction of sp³-hybridized carbons (Fsp3) is 0.538. The lowest BCUT2D eigenvalue weighted by molar-refractivity contribution is 0.343. The first kappa shape index (κ1) is 10.7. The Labute approximate surface area is 100 Å². The molecule has 0 bridgehead atoms. The maximum Gasteiger partial charge on any atom is 0.198 e. The summed E-state index contributed by atoms with van der Waals surface area (Å²) < 4.78 is 5.67. The number of hydrogen-bond acceptors (Lipinski definition) is 4. The summed E-state index contributed by atoms with van der Waals surface area (Å²) >= 11 is 0. The van der Waals surface area contributed by atoms with Crippen LogP contribution in [0, 0.1) is 5.92 Å². The van der Waals surface area contributed by atoms with Crippen LogP contribution >= 0.6 is 0 Å². The molecule has 1 saturated heterocycles. The van der Waals surface area contributed by atoms with Crippen LogP contribution in [0.4, 0.5) is 0 Å². The van der Waals surface area contributed by atoms with Crippen LogP contribution in [0.15, 0.2) is 22.7 Å². The Morgan fingerprint density at radius 2 is 2.24 bits per heavy atom. The number of pyridine rings is 1. The van der Waals surface area contributed by atoms with Crippen LogP contribution in [0.3, 0.4) is 0 Å².